The van der Waals surface area contributed by atoms with Gasteiger partial charge in [0.25, 0.3) is 5.91 Å². The average Bonchev–Trinajstić information content (AvgIpc) is 2.81. The van der Waals surface area contributed by atoms with Gasteiger partial charge in [0.05, 0.1) is 0 Å². The summed E-state index contributed by atoms with van der Waals surface area (Å²) in [5, 5.41) is 6.79. The second-order valence-electron chi connectivity index (χ2n) is 8.66. The highest BCUT2D eigenvalue weighted by Gasteiger charge is 2.25. The number of nitrogens with one attached hydrogen (secondary N) is 2. The molecule has 31 heavy (non-hydrogen) atoms. The minimum Gasteiger partial charge on any atom is -0.349 e. The maximum atomic E-state index is 12.8. The molecule has 5 nitrogen and oxygen atoms in total. The first kappa shape index (κ1) is 21.7. The van der Waals surface area contributed by atoms with Gasteiger partial charge in [0.2, 0.25) is 0 Å². The number of benzene rings is 2. The minimum atomic E-state index is -0.0989. The zero-order chi connectivity index (χ0) is 21.6. The fourth-order valence-electron chi connectivity index (χ4n) is 4.62. The highest BCUT2D eigenvalue weighted by atomic mass is 35.5. The lowest BCUT2D eigenvalue weighted by atomic mass is 9.89. The summed E-state index contributed by atoms with van der Waals surface area (Å²) in [7, 11) is 0. The summed E-state index contributed by atoms with van der Waals surface area (Å²) in [5.41, 5.74) is 2.57. The molecule has 4 rings (SSSR count). The lowest BCUT2D eigenvalue weighted by Gasteiger charge is -2.33. The van der Waals surface area contributed by atoms with Crippen LogP contribution in [0.3, 0.4) is 0 Å². The number of hydrogen-bond acceptors (Lipinski definition) is 2. The lowest BCUT2D eigenvalue weighted by Crippen LogP contribution is -2.41. The maximum Gasteiger partial charge on any atom is 0.321 e. The van der Waals surface area contributed by atoms with E-state index in [1.165, 1.54) is 19.3 Å². The predicted octanol–water partition coefficient (Wildman–Crippen LogP) is 5.81. The Labute approximate surface area is 189 Å². The van der Waals surface area contributed by atoms with Crippen molar-refractivity contribution >= 4 is 29.2 Å². The molecule has 2 aromatic rings. The Morgan fingerprint density at radius 2 is 1.71 bits per heavy atom. The minimum absolute atomic E-state index is 0.0156. The zero-order valence-electron chi connectivity index (χ0n) is 17.8. The second kappa shape index (κ2) is 10.2. The smallest absolute Gasteiger partial charge is 0.321 e. The summed E-state index contributed by atoms with van der Waals surface area (Å²) in [6, 6.07) is 15.2. The molecule has 0 unspecified atom stereocenters. The molecule has 2 aromatic carbocycles. The zero-order valence-corrected chi connectivity index (χ0v) is 18.5. The van der Waals surface area contributed by atoms with Crippen LogP contribution in [-0.4, -0.2) is 36.0 Å². The van der Waals surface area contributed by atoms with E-state index in [2.05, 4.69) is 16.7 Å². The molecular formula is C25H30ClN3O2. The van der Waals surface area contributed by atoms with E-state index in [-0.39, 0.29) is 17.9 Å². The first-order chi connectivity index (χ1) is 15.1. The van der Waals surface area contributed by atoms with Gasteiger partial charge >= 0.3 is 6.03 Å². The second-order valence-corrected chi connectivity index (χ2v) is 9.09. The van der Waals surface area contributed by atoms with Gasteiger partial charge in [0, 0.05) is 41.3 Å². The Morgan fingerprint density at radius 1 is 0.935 bits per heavy atom. The number of urea groups is 1. The van der Waals surface area contributed by atoms with Gasteiger partial charge in [-0.2, -0.15) is 0 Å². The first-order valence-electron chi connectivity index (χ1n) is 11.3. The molecule has 3 amide bonds. The van der Waals surface area contributed by atoms with Crippen LogP contribution in [0.15, 0.2) is 48.5 Å². The van der Waals surface area contributed by atoms with Crippen molar-refractivity contribution in [1.29, 1.82) is 0 Å². The summed E-state index contributed by atoms with van der Waals surface area (Å²) in [6.07, 6.45) is 7.76. The Balaban J connectivity index is 1.38. The summed E-state index contributed by atoms with van der Waals surface area (Å²) in [5.74, 6) is 0.244. The Hall–Kier alpha value is -2.53. The molecule has 1 aliphatic heterocycles. The molecule has 2 N–H and O–H groups in total. The van der Waals surface area contributed by atoms with Crippen LogP contribution in [-0.2, 0) is 0 Å². The number of carbonyl (C=O) groups excluding carboxylic acids is 2. The molecule has 1 saturated heterocycles. The number of rotatable bonds is 4. The van der Waals surface area contributed by atoms with Crippen LogP contribution in [0.1, 0.15) is 66.8 Å². The summed E-state index contributed by atoms with van der Waals surface area (Å²) in [6.45, 7) is 1.38. The molecule has 6 heteroatoms. The SMILES string of the molecule is O=C(NC1CCCCC1)c1cccc([C@H]2CCCN(C(=O)Nc3ccc(Cl)cc3)C2)c1. The van der Waals surface area contributed by atoms with Crippen LogP contribution in [0.2, 0.25) is 5.02 Å². The van der Waals surface area contributed by atoms with Gasteiger partial charge in [-0.1, -0.05) is 43.0 Å². The molecule has 0 aromatic heterocycles. The van der Waals surface area contributed by atoms with Crippen molar-refractivity contribution < 1.29 is 9.59 Å². The van der Waals surface area contributed by atoms with Gasteiger partial charge in [0.15, 0.2) is 0 Å². The number of hydrogen-bond donors (Lipinski definition) is 2. The largest absolute Gasteiger partial charge is 0.349 e. The molecule has 0 bridgehead atoms. The van der Waals surface area contributed by atoms with Crippen LogP contribution in [0, 0.1) is 0 Å². The highest BCUT2D eigenvalue weighted by molar-refractivity contribution is 6.30. The Morgan fingerprint density at radius 3 is 2.48 bits per heavy atom. The van der Waals surface area contributed by atoms with E-state index in [1.54, 1.807) is 24.3 Å². The van der Waals surface area contributed by atoms with Gasteiger partial charge in [0.1, 0.15) is 0 Å². The van der Waals surface area contributed by atoms with Crippen LogP contribution in [0.4, 0.5) is 10.5 Å². The maximum absolute atomic E-state index is 12.8. The Bertz CT molecular complexity index is 909. The van der Waals surface area contributed by atoms with Gasteiger partial charge in [-0.25, -0.2) is 4.79 Å². The number of nitrogens with zero attached hydrogens (tertiary/aromatic N) is 1. The number of piperidine rings is 1. The lowest BCUT2D eigenvalue weighted by molar-refractivity contribution is 0.0927. The van der Waals surface area contributed by atoms with Crippen LogP contribution in [0.25, 0.3) is 0 Å². The Kier molecular flexibility index (Phi) is 7.13. The van der Waals surface area contributed by atoms with Crippen LogP contribution >= 0.6 is 11.6 Å². The fourth-order valence-corrected chi connectivity index (χ4v) is 4.74. The van der Waals surface area contributed by atoms with Gasteiger partial charge < -0.3 is 15.5 Å². The van der Waals surface area contributed by atoms with Gasteiger partial charge in [-0.05, 0) is 67.6 Å². The van der Waals surface area contributed by atoms with Crippen molar-refractivity contribution in [3.8, 4) is 0 Å². The summed E-state index contributed by atoms with van der Waals surface area (Å²) < 4.78 is 0. The van der Waals surface area contributed by atoms with Crippen molar-refractivity contribution in [2.45, 2.75) is 56.9 Å². The molecule has 1 aliphatic carbocycles. The van der Waals surface area contributed by atoms with Crippen molar-refractivity contribution in [3.05, 3.63) is 64.7 Å². The molecule has 2 aliphatic rings. The average molecular weight is 440 g/mol. The predicted molar refractivity (Wildman–Crippen MR) is 125 cm³/mol. The van der Waals surface area contributed by atoms with E-state index in [4.69, 9.17) is 11.6 Å². The van der Waals surface area contributed by atoms with Gasteiger partial charge in [-0.15, -0.1) is 0 Å². The third kappa shape index (κ3) is 5.79. The van der Waals surface area contributed by atoms with Crippen molar-refractivity contribution in [1.82, 2.24) is 10.2 Å². The number of anilines is 1. The summed E-state index contributed by atoms with van der Waals surface area (Å²) in [4.78, 5) is 27.4. The van der Waals surface area contributed by atoms with E-state index in [0.29, 0.717) is 23.2 Å². The number of carbonyl (C=O) groups is 2. The molecule has 1 atom stereocenters. The van der Waals surface area contributed by atoms with E-state index in [1.807, 2.05) is 23.1 Å². The molecule has 164 valence electrons. The first-order valence-corrected chi connectivity index (χ1v) is 11.7. The normalized spacial score (nSPS) is 19.6. The van der Waals surface area contributed by atoms with Crippen LogP contribution < -0.4 is 10.6 Å². The van der Waals surface area contributed by atoms with E-state index >= 15 is 0 Å². The van der Waals surface area contributed by atoms with Crippen molar-refractivity contribution in [2.75, 3.05) is 18.4 Å². The molecular weight excluding hydrogens is 410 g/mol. The molecule has 1 heterocycles. The van der Waals surface area contributed by atoms with Crippen molar-refractivity contribution in [2.24, 2.45) is 0 Å². The van der Waals surface area contributed by atoms with Crippen molar-refractivity contribution in [3.63, 3.8) is 0 Å². The summed E-state index contributed by atoms with van der Waals surface area (Å²) >= 11 is 5.92. The monoisotopic (exact) mass is 439 g/mol. The molecule has 0 spiro atoms. The van der Waals surface area contributed by atoms with Crippen LogP contribution in [0.5, 0.6) is 0 Å². The quantitative estimate of drug-likeness (QED) is 0.631. The molecule has 1 saturated carbocycles. The van der Waals surface area contributed by atoms with E-state index in [0.717, 1.165) is 43.5 Å². The number of halogens is 1. The standard InChI is InChI=1S/C25H30ClN3O2/c26-21-11-13-23(14-12-21)28-25(31)29-15-5-8-20(17-29)18-6-4-7-19(16-18)24(30)27-22-9-2-1-3-10-22/h4,6-7,11-14,16,20,22H,1-3,5,8-10,15,17H2,(H,27,30)(H,28,31)/t20-/m0/s1. The number of amides is 3. The van der Waals surface area contributed by atoms with E-state index in [9.17, 15) is 9.59 Å². The third-order valence-electron chi connectivity index (χ3n) is 6.36. The molecule has 2 fully saturated rings. The number of likely N-dealkylation sites (tertiary alicyclic amines) is 1. The highest BCUT2D eigenvalue weighted by Crippen LogP contribution is 2.28. The van der Waals surface area contributed by atoms with E-state index < -0.39 is 0 Å². The fraction of sp³-hybridized carbons (Fsp3) is 0.440. The molecule has 0 radical (unpaired) electrons. The topological polar surface area (TPSA) is 61.4 Å². The van der Waals surface area contributed by atoms with Gasteiger partial charge in [-0.3, -0.25) is 4.79 Å². The third-order valence-corrected chi connectivity index (χ3v) is 6.62.